The molecule has 2 aromatic carbocycles. The van der Waals surface area contributed by atoms with Gasteiger partial charge in [0.05, 0.1) is 16.8 Å². The standard InChI is InChI=1S/C20H13N5O5/c26-15(21-13-4-2-1-3-12(13)20(29)30)8-6-10-5-7-11-14(9-10)22-19(28)17-16(18(11)27)23-25-24-17/h1-9H,(H,21,26)(H,22,28)(H,29,30)(H,23,24,25)/b8-6+. The zero-order chi connectivity index (χ0) is 21.3. The number of anilines is 1. The summed E-state index contributed by atoms with van der Waals surface area (Å²) >= 11 is 0. The van der Waals surface area contributed by atoms with Gasteiger partial charge in [-0.15, -0.1) is 5.10 Å². The van der Waals surface area contributed by atoms with Crippen molar-refractivity contribution in [3.8, 4) is 0 Å². The van der Waals surface area contributed by atoms with Gasteiger partial charge in [-0.1, -0.05) is 23.4 Å². The summed E-state index contributed by atoms with van der Waals surface area (Å²) in [6, 6.07) is 10.7. The van der Waals surface area contributed by atoms with Crippen molar-refractivity contribution < 1.29 is 14.7 Å². The van der Waals surface area contributed by atoms with Crippen LogP contribution in [0.1, 0.15) is 15.9 Å². The van der Waals surface area contributed by atoms with E-state index < -0.39 is 22.9 Å². The van der Waals surface area contributed by atoms with Crippen LogP contribution in [0.3, 0.4) is 0 Å². The van der Waals surface area contributed by atoms with Crippen LogP contribution in [0.4, 0.5) is 5.69 Å². The van der Waals surface area contributed by atoms with Crippen molar-refractivity contribution in [3.05, 3.63) is 80.2 Å². The molecule has 2 aromatic heterocycles. The van der Waals surface area contributed by atoms with E-state index in [1.54, 1.807) is 24.3 Å². The highest BCUT2D eigenvalue weighted by atomic mass is 16.4. The van der Waals surface area contributed by atoms with E-state index in [1.807, 2.05) is 0 Å². The van der Waals surface area contributed by atoms with Crippen LogP contribution in [0, 0.1) is 0 Å². The molecule has 1 amide bonds. The molecule has 10 heteroatoms. The van der Waals surface area contributed by atoms with E-state index >= 15 is 0 Å². The second-order valence-electron chi connectivity index (χ2n) is 6.30. The van der Waals surface area contributed by atoms with Crippen LogP contribution in [0.5, 0.6) is 0 Å². The number of aromatic nitrogens is 4. The Bertz CT molecular complexity index is 1470. The molecule has 0 saturated heterocycles. The Morgan fingerprint density at radius 3 is 2.70 bits per heavy atom. The van der Waals surface area contributed by atoms with Gasteiger partial charge in [0, 0.05) is 11.5 Å². The minimum atomic E-state index is -1.16. The monoisotopic (exact) mass is 403 g/mol. The molecule has 0 aliphatic carbocycles. The summed E-state index contributed by atoms with van der Waals surface area (Å²) in [5.41, 5.74) is -0.137. The lowest BCUT2D eigenvalue weighted by atomic mass is 10.1. The second kappa shape index (κ2) is 7.43. The van der Waals surface area contributed by atoms with E-state index in [-0.39, 0.29) is 33.2 Å². The molecular weight excluding hydrogens is 390 g/mol. The number of aromatic amines is 2. The Labute approximate surface area is 166 Å². The van der Waals surface area contributed by atoms with E-state index in [0.29, 0.717) is 5.56 Å². The summed E-state index contributed by atoms with van der Waals surface area (Å²) in [5, 5.41) is 21.5. The summed E-state index contributed by atoms with van der Waals surface area (Å²) in [6.45, 7) is 0. The molecule has 0 radical (unpaired) electrons. The highest BCUT2D eigenvalue weighted by molar-refractivity contribution is 6.06. The Morgan fingerprint density at radius 1 is 1.10 bits per heavy atom. The number of rotatable bonds is 4. The lowest BCUT2D eigenvalue weighted by molar-refractivity contribution is -0.111. The Balaban J connectivity index is 1.66. The lowest BCUT2D eigenvalue weighted by Crippen LogP contribution is -2.11. The number of carboxylic acids is 1. The molecule has 4 N–H and O–H groups in total. The zero-order valence-corrected chi connectivity index (χ0v) is 15.2. The third-order valence-electron chi connectivity index (χ3n) is 4.37. The second-order valence-corrected chi connectivity index (χ2v) is 6.30. The van der Waals surface area contributed by atoms with E-state index in [0.717, 1.165) is 0 Å². The smallest absolute Gasteiger partial charge is 0.337 e. The fourth-order valence-electron chi connectivity index (χ4n) is 2.95. The van der Waals surface area contributed by atoms with Crippen molar-refractivity contribution in [2.45, 2.75) is 0 Å². The molecule has 0 saturated carbocycles. The number of fused-ring (bicyclic) bond motifs is 2. The van der Waals surface area contributed by atoms with Crippen molar-refractivity contribution in [2.75, 3.05) is 5.32 Å². The Kier molecular flexibility index (Phi) is 4.64. The molecule has 10 nitrogen and oxygen atoms in total. The van der Waals surface area contributed by atoms with E-state index in [2.05, 4.69) is 25.7 Å². The highest BCUT2D eigenvalue weighted by Crippen LogP contribution is 2.16. The summed E-state index contributed by atoms with van der Waals surface area (Å²) in [6.07, 6.45) is 2.69. The van der Waals surface area contributed by atoms with E-state index in [1.165, 1.54) is 30.4 Å². The number of aromatic carboxylic acids is 1. The van der Waals surface area contributed by atoms with E-state index in [4.69, 9.17) is 0 Å². The first kappa shape index (κ1) is 18.7. The van der Waals surface area contributed by atoms with Gasteiger partial charge in [0.15, 0.2) is 5.52 Å². The molecule has 148 valence electrons. The average Bonchev–Trinajstić information content (AvgIpc) is 3.19. The van der Waals surface area contributed by atoms with Crippen LogP contribution in [0.2, 0.25) is 0 Å². The lowest BCUT2D eigenvalue weighted by Gasteiger charge is -2.05. The number of amides is 1. The van der Waals surface area contributed by atoms with Gasteiger partial charge in [0.1, 0.15) is 5.52 Å². The fourth-order valence-corrected chi connectivity index (χ4v) is 2.95. The van der Waals surface area contributed by atoms with E-state index in [9.17, 15) is 24.3 Å². The fraction of sp³-hybridized carbons (Fsp3) is 0. The minimum absolute atomic E-state index is 0.00557. The molecular formula is C20H13N5O5. The number of H-pyrrole nitrogens is 2. The summed E-state index contributed by atoms with van der Waals surface area (Å²) in [7, 11) is 0. The molecule has 0 fully saturated rings. The maximum absolute atomic E-state index is 12.6. The van der Waals surface area contributed by atoms with Crippen LogP contribution in [-0.4, -0.2) is 37.4 Å². The van der Waals surface area contributed by atoms with Gasteiger partial charge in [-0.2, -0.15) is 0 Å². The maximum atomic E-state index is 12.6. The number of carbonyl (C=O) groups excluding carboxylic acids is 1. The predicted molar refractivity (Wildman–Crippen MR) is 109 cm³/mol. The average molecular weight is 403 g/mol. The van der Waals surface area contributed by atoms with Gasteiger partial charge in [0.25, 0.3) is 5.56 Å². The summed E-state index contributed by atoms with van der Waals surface area (Å²) in [5.74, 6) is -1.69. The molecule has 0 aliphatic rings. The number of carbonyl (C=O) groups is 2. The molecule has 4 rings (SSSR count). The van der Waals surface area contributed by atoms with Crippen molar-refractivity contribution in [3.63, 3.8) is 0 Å². The SMILES string of the molecule is O=C(/C=C/c1ccc2c(=O)c3[nH]nnc3c(=O)[nH]c2c1)Nc1ccccc1C(=O)O. The first-order chi connectivity index (χ1) is 14.4. The van der Waals surface area contributed by atoms with Gasteiger partial charge in [-0.3, -0.25) is 19.5 Å². The summed E-state index contributed by atoms with van der Waals surface area (Å²) < 4.78 is 0. The molecule has 0 aliphatic heterocycles. The van der Waals surface area contributed by atoms with Crippen molar-refractivity contribution >= 4 is 45.6 Å². The molecule has 30 heavy (non-hydrogen) atoms. The first-order valence-electron chi connectivity index (χ1n) is 8.66. The van der Waals surface area contributed by atoms with Gasteiger partial charge in [0.2, 0.25) is 11.3 Å². The quantitative estimate of drug-likeness (QED) is 0.376. The topological polar surface area (TPSA) is 158 Å². The third-order valence-corrected chi connectivity index (χ3v) is 4.37. The van der Waals surface area contributed by atoms with Crippen LogP contribution in [-0.2, 0) is 4.79 Å². The van der Waals surface area contributed by atoms with Crippen molar-refractivity contribution in [1.29, 1.82) is 0 Å². The number of nitrogens with one attached hydrogen (secondary N) is 3. The third kappa shape index (κ3) is 3.44. The van der Waals surface area contributed by atoms with Gasteiger partial charge < -0.3 is 15.4 Å². The number of carboxylic acid groups (broad SMARTS) is 1. The van der Waals surface area contributed by atoms with Crippen LogP contribution in [0.15, 0.2) is 58.1 Å². The Hall–Kier alpha value is -4.60. The predicted octanol–water partition coefficient (Wildman–Crippen LogP) is 1.51. The highest BCUT2D eigenvalue weighted by Gasteiger charge is 2.11. The molecule has 0 bridgehead atoms. The van der Waals surface area contributed by atoms with Gasteiger partial charge >= 0.3 is 5.97 Å². The molecule has 0 spiro atoms. The molecule has 4 aromatic rings. The van der Waals surface area contributed by atoms with Crippen LogP contribution >= 0.6 is 0 Å². The van der Waals surface area contributed by atoms with Crippen LogP contribution < -0.4 is 16.3 Å². The molecule has 0 unspecified atom stereocenters. The first-order valence-corrected chi connectivity index (χ1v) is 8.66. The maximum Gasteiger partial charge on any atom is 0.337 e. The number of para-hydroxylation sites is 1. The summed E-state index contributed by atoms with van der Waals surface area (Å²) in [4.78, 5) is 50.8. The Morgan fingerprint density at radius 2 is 1.90 bits per heavy atom. The minimum Gasteiger partial charge on any atom is -0.478 e. The van der Waals surface area contributed by atoms with Crippen LogP contribution in [0.25, 0.3) is 28.0 Å². The number of nitrogens with zero attached hydrogens (tertiary/aromatic N) is 2. The zero-order valence-electron chi connectivity index (χ0n) is 15.2. The largest absolute Gasteiger partial charge is 0.478 e. The molecule has 0 atom stereocenters. The van der Waals surface area contributed by atoms with Gasteiger partial charge in [-0.25, -0.2) is 4.79 Å². The van der Waals surface area contributed by atoms with Crippen molar-refractivity contribution in [1.82, 2.24) is 20.4 Å². The molecule has 2 heterocycles. The van der Waals surface area contributed by atoms with Crippen molar-refractivity contribution in [2.24, 2.45) is 0 Å². The normalized spacial score (nSPS) is 11.2. The number of hydrogen-bond donors (Lipinski definition) is 4. The number of hydrogen-bond acceptors (Lipinski definition) is 6. The van der Waals surface area contributed by atoms with Gasteiger partial charge in [-0.05, 0) is 35.9 Å². The number of benzene rings is 2.